The Morgan fingerprint density at radius 2 is 2.28 bits per heavy atom. The summed E-state index contributed by atoms with van der Waals surface area (Å²) < 4.78 is 3.56. The first-order chi connectivity index (χ1) is 8.47. The van der Waals surface area contributed by atoms with Crippen LogP contribution in [0.1, 0.15) is 15.4 Å². The third-order valence-corrected chi connectivity index (χ3v) is 5.61. The first-order valence-electron chi connectivity index (χ1n) is 5.16. The van der Waals surface area contributed by atoms with Gasteiger partial charge in [0, 0.05) is 24.8 Å². The lowest BCUT2D eigenvalue weighted by atomic mass is 10.3. The summed E-state index contributed by atoms with van der Waals surface area (Å²) in [6, 6.07) is 3.73. The second kappa shape index (κ2) is 5.54. The monoisotopic (exact) mass is 391 g/mol. The van der Waals surface area contributed by atoms with E-state index in [0.29, 0.717) is 11.4 Å². The third kappa shape index (κ3) is 3.02. The van der Waals surface area contributed by atoms with Crippen molar-refractivity contribution in [3.05, 3.63) is 37.2 Å². The van der Waals surface area contributed by atoms with Crippen LogP contribution in [0.5, 0.6) is 0 Å². The molecule has 0 aliphatic rings. The summed E-state index contributed by atoms with van der Waals surface area (Å²) in [5.41, 5.74) is 0.878. The maximum absolute atomic E-state index is 12.2. The molecule has 0 spiro atoms. The first-order valence-corrected chi connectivity index (χ1v) is 7.56. The van der Waals surface area contributed by atoms with Crippen molar-refractivity contribution < 1.29 is 4.79 Å². The van der Waals surface area contributed by atoms with Gasteiger partial charge in [-0.15, -0.1) is 11.3 Å². The highest BCUT2D eigenvalue weighted by molar-refractivity contribution is 9.13. The van der Waals surface area contributed by atoms with E-state index in [9.17, 15) is 4.79 Å². The minimum atomic E-state index is -0.00273. The van der Waals surface area contributed by atoms with E-state index in [-0.39, 0.29) is 5.91 Å². The zero-order valence-electron chi connectivity index (χ0n) is 9.85. The lowest BCUT2D eigenvalue weighted by Gasteiger charge is -2.14. The predicted octanol–water partition coefficient (Wildman–Crippen LogP) is 3.28. The number of halogens is 2. The summed E-state index contributed by atoms with van der Waals surface area (Å²) in [6.07, 6.45) is 1.87. The van der Waals surface area contributed by atoms with E-state index in [1.807, 2.05) is 25.4 Å². The zero-order chi connectivity index (χ0) is 13.3. The zero-order valence-corrected chi connectivity index (χ0v) is 13.8. The molecule has 0 aliphatic carbocycles. The molecule has 0 atom stereocenters. The Hall–Kier alpha value is -0.660. The molecule has 2 rings (SSSR count). The largest absolute Gasteiger partial charge is 0.335 e. The van der Waals surface area contributed by atoms with Crippen LogP contribution in [0.2, 0.25) is 0 Å². The Kier molecular flexibility index (Phi) is 4.24. The van der Waals surface area contributed by atoms with Crippen molar-refractivity contribution in [3.8, 4) is 0 Å². The molecule has 4 nitrogen and oxygen atoms in total. The van der Waals surface area contributed by atoms with Gasteiger partial charge in [0.05, 0.1) is 20.9 Å². The number of hydrogen-bond acceptors (Lipinski definition) is 3. The molecule has 0 saturated carbocycles. The highest BCUT2D eigenvalue weighted by Crippen LogP contribution is 2.32. The molecule has 2 aromatic heterocycles. The van der Waals surface area contributed by atoms with Crippen LogP contribution in [-0.2, 0) is 13.6 Å². The van der Waals surface area contributed by atoms with Crippen molar-refractivity contribution in [3.63, 3.8) is 0 Å². The molecular formula is C11H11Br2N3OS. The third-order valence-electron chi connectivity index (χ3n) is 2.37. The van der Waals surface area contributed by atoms with Gasteiger partial charge in [-0.2, -0.15) is 5.10 Å². The SMILES string of the molecule is CN(Cc1ccn(C)n1)C(=O)c1cc(Br)c(Br)s1. The highest BCUT2D eigenvalue weighted by Gasteiger charge is 2.17. The summed E-state index contributed by atoms with van der Waals surface area (Å²) >= 11 is 8.19. The first kappa shape index (κ1) is 13.8. The Morgan fingerprint density at radius 1 is 1.56 bits per heavy atom. The predicted molar refractivity (Wildman–Crippen MR) is 78.7 cm³/mol. The quantitative estimate of drug-likeness (QED) is 0.803. The number of carbonyl (C=O) groups is 1. The van der Waals surface area contributed by atoms with Gasteiger partial charge in [0.1, 0.15) is 0 Å². The molecule has 0 bridgehead atoms. The number of nitrogens with zero attached hydrogens (tertiary/aromatic N) is 3. The number of thiophene rings is 1. The van der Waals surface area contributed by atoms with Crippen molar-refractivity contribution in [2.75, 3.05) is 7.05 Å². The number of rotatable bonds is 3. The molecule has 0 aliphatic heterocycles. The fraction of sp³-hybridized carbons (Fsp3) is 0.273. The van der Waals surface area contributed by atoms with Crippen LogP contribution in [-0.4, -0.2) is 27.6 Å². The summed E-state index contributed by atoms with van der Waals surface area (Å²) in [5, 5.41) is 4.26. The molecule has 7 heteroatoms. The molecule has 0 N–H and O–H groups in total. The Balaban J connectivity index is 2.09. The van der Waals surface area contributed by atoms with Crippen LogP contribution in [0.3, 0.4) is 0 Å². The van der Waals surface area contributed by atoms with Crippen LogP contribution < -0.4 is 0 Å². The minimum Gasteiger partial charge on any atom is -0.335 e. The van der Waals surface area contributed by atoms with Gasteiger partial charge in [0.2, 0.25) is 0 Å². The summed E-state index contributed by atoms with van der Waals surface area (Å²) in [5.74, 6) is -0.00273. The maximum Gasteiger partial charge on any atom is 0.264 e. The Labute approximate surface area is 126 Å². The van der Waals surface area contributed by atoms with Crippen LogP contribution in [0.25, 0.3) is 0 Å². The van der Waals surface area contributed by atoms with E-state index < -0.39 is 0 Å². The van der Waals surface area contributed by atoms with Crippen molar-refractivity contribution in [1.82, 2.24) is 14.7 Å². The number of aryl methyl sites for hydroxylation is 1. The average molecular weight is 393 g/mol. The van der Waals surface area contributed by atoms with Crippen molar-refractivity contribution in [1.29, 1.82) is 0 Å². The molecule has 2 heterocycles. The molecule has 0 saturated heterocycles. The normalized spacial score (nSPS) is 10.7. The van der Waals surface area contributed by atoms with Crippen LogP contribution >= 0.6 is 43.2 Å². The van der Waals surface area contributed by atoms with Crippen molar-refractivity contribution in [2.24, 2.45) is 7.05 Å². The van der Waals surface area contributed by atoms with Gasteiger partial charge in [-0.1, -0.05) is 0 Å². The molecule has 0 unspecified atom stereocenters. The lowest BCUT2D eigenvalue weighted by molar-refractivity contribution is 0.0788. The fourth-order valence-corrected chi connectivity index (χ4v) is 3.53. The van der Waals surface area contributed by atoms with E-state index in [1.165, 1.54) is 11.3 Å². The van der Waals surface area contributed by atoms with E-state index in [0.717, 1.165) is 14.0 Å². The second-order valence-corrected chi connectivity index (χ2v) is 7.10. The maximum atomic E-state index is 12.2. The van der Waals surface area contributed by atoms with Gasteiger partial charge in [0.25, 0.3) is 5.91 Å². The molecule has 1 amide bonds. The minimum absolute atomic E-state index is 0.00273. The van der Waals surface area contributed by atoms with Gasteiger partial charge in [-0.05, 0) is 44.0 Å². The molecule has 0 radical (unpaired) electrons. The van der Waals surface area contributed by atoms with E-state index in [1.54, 1.807) is 16.6 Å². The van der Waals surface area contributed by atoms with E-state index >= 15 is 0 Å². The number of hydrogen-bond donors (Lipinski definition) is 0. The molecule has 96 valence electrons. The number of carbonyl (C=O) groups excluding carboxylic acids is 1. The molecule has 2 aromatic rings. The van der Waals surface area contributed by atoms with Gasteiger partial charge in [0.15, 0.2) is 0 Å². The summed E-state index contributed by atoms with van der Waals surface area (Å²) in [6.45, 7) is 0.507. The Bertz CT molecular complexity index is 559. The van der Waals surface area contributed by atoms with Crippen LogP contribution in [0, 0.1) is 0 Å². The highest BCUT2D eigenvalue weighted by atomic mass is 79.9. The average Bonchev–Trinajstić information content (AvgIpc) is 2.85. The molecular weight excluding hydrogens is 382 g/mol. The van der Waals surface area contributed by atoms with Gasteiger partial charge in [-0.3, -0.25) is 9.48 Å². The summed E-state index contributed by atoms with van der Waals surface area (Å²) in [7, 11) is 3.64. The number of aromatic nitrogens is 2. The number of amides is 1. The molecule has 0 aromatic carbocycles. The van der Waals surface area contributed by atoms with Gasteiger partial charge >= 0.3 is 0 Å². The van der Waals surface area contributed by atoms with Gasteiger partial charge < -0.3 is 4.90 Å². The van der Waals surface area contributed by atoms with E-state index in [4.69, 9.17) is 0 Å². The van der Waals surface area contributed by atoms with Crippen molar-refractivity contribution in [2.45, 2.75) is 6.54 Å². The standard InChI is InChI=1S/C11H11Br2N3OS/c1-15(6-7-3-4-16(2)14-7)11(17)9-5-8(12)10(13)18-9/h3-5H,6H2,1-2H3. The van der Waals surface area contributed by atoms with Gasteiger partial charge in [-0.25, -0.2) is 0 Å². The molecule has 0 fully saturated rings. The smallest absolute Gasteiger partial charge is 0.264 e. The molecule has 18 heavy (non-hydrogen) atoms. The topological polar surface area (TPSA) is 38.1 Å². The lowest BCUT2D eigenvalue weighted by Crippen LogP contribution is -2.25. The van der Waals surface area contributed by atoms with Crippen LogP contribution in [0.15, 0.2) is 26.6 Å². The summed E-state index contributed by atoms with van der Waals surface area (Å²) in [4.78, 5) is 14.5. The fourth-order valence-electron chi connectivity index (χ4n) is 1.50. The van der Waals surface area contributed by atoms with Crippen molar-refractivity contribution >= 4 is 49.1 Å². The Morgan fingerprint density at radius 3 is 2.78 bits per heavy atom. The van der Waals surface area contributed by atoms with Crippen LogP contribution in [0.4, 0.5) is 0 Å². The van der Waals surface area contributed by atoms with E-state index in [2.05, 4.69) is 37.0 Å². The second-order valence-electron chi connectivity index (χ2n) is 3.87.